The van der Waals surface area contributed by atoms with Crippen LogP contribution in [0, 0.1) is 6.04 Å². The molecular weight excluding hydrogens is 156 g/mol. The van der Waals surface area contributed by atoms with Crippen molar-refractivity contribution < 1.29 is 8.85 Å². The summed E-state index contributed by atoms with van der Waals surface area (Å²) in [6, 6.07) is 1.88. The first-order valence-electron chi connectivity index (χ1n) is 2.82. The van der Waals surface area contributed by atoms with Gasteiger partial charge < -0.3 is 8.85 Å². The molecule has 0 aliphatic carbocycles. The van der Waals surface area contributed by atoms with Crippen LogP contribution >= 0.6 is 11.1 Å². The lowest BCUT2D eigenvalue weighted by atomic mass is 10.6. The van der Waals surface area contributed by atoms with Crippen LogP contribution in [0.3, 0.4) is 0 Å². The summed E-state index contributed by atoms with van der Waals surface area (Å²) in [6.45, 7) is 2.00. The minimum Gasteiger partial charge on any atom is -0.386 e. The first kappa shape index (κ1) is 9.43. The van der Waals surface area contributed by atoms with Gasteiger partial charge in [0, 0.05) is 20.3 Å². The van der Waals surface area contributed by atoms with Crippen LogP contribution in [0.2, 0.25) is 0 Å². The highest BCUT2D eigenvalue weighted by molar-refractivity contribution is 7.14. The predicted octanol–water partition coefficient (Wildman–Crippen LogP) is 1.61. The Morgan fingerprint density at radius 3 is 2.00 bits per heavy atom. The van der Waals surface area contributed by atoms with Gasteiger partial charge in [-0.15, -0.1) is 0 Å². The molecule has 0 bridgehead atoms. The summed E-state index contributed by atoms with van der Waals surface area (Å²) in [4.78, 5) is 0. The molecule has 0 unspecified atom stereocenters. The highest BCUT2D eigenvalue weighted by Gasteiger charge is 2.31. The van der Waals surface area contributed by atoms with Crippen LogP contribution < -0.4 is 0 Å². The number of hydrogen-bond donors (Lipinski definition) is 0. The Morgan fingerprint density at radius 2 is 1.89 bits per heavy atom. The lowest BCUT2D eigenvalue weighted by molar-refractivity contribution is 0.273. The van der Waals surface area contributed by atoms with Gasteiger partial charge in [-0.2, -0.15) is 0 Å². The minimum atomic E-state index is -2.35. The zero-order valence-electron chi connectivity index (χ0n) is 5.98. The molecule has 0 aliphatic rings. The van der Waals surface area contributed by atoms with Gasteiger partial charge in [0.15, 0.2) is 0 Å². The van der Waals surface area contributed by atoms with Crippen molar-refractivity contribution in [3.05, 3.63) is 6.04 Å². The third-order valence-corrected chi connectivity index (χ3v) is 4.40. The van der Waals surface area contributed by atoms with Gasteiger partial charge in [0.25, 0.3) is 0 Å². The van der Waals surface area contributed by atoms with Crippen molar-refractivity contribution in [3.8, 4) is 0 Å². The van der Waals surface area contributed by atoms with E-state index >= 15 is 0 Å². The summed E-state index contributed by atoms with van der Waals surface area (Å²) >= 11 is 5.85. The van der Waals surface area contributed by atoms with Gasteiger partial charge in [0.2, 0.25) is 0 Å². The van der Waals surface area contributed by atoms with Gasteiger partial charge in [0.1, 0.15) is 0 Å². The second-order valence-corrected chi connectivity index (χ2v) is 5.57. The van der Waals surface area contributed by atoms with Crippen molar-refractivity contribution in [1.29, 1.82) is 0 Å². The van der Waals surface area contributed by atoms with E-state index in [-0.39, 0.29) is 0 Å². The molecular formula is C5H12ClO2Si. The molecule has 0 aromatic carbocycles. The fraction of sp³-hybridized carbons (Fsp3) is 0.800. The standard InChI is InChI=1S/C5H12ClO2Si/c1-4-5-9(6,7-2)8-3/h5H,4H2,1-3H3. The fourth-order valence-corrected chi connectivity index (χ4v) is 1.94. The van der Waals surface area contributed by atoms with E-state index in [1.54, 1.807) is 14.2 Å². The van der Waals surface area contributed by atoms with E-state index in [9.17, 15) is 0 Å². The maximum absolute atomic E-state index is 5.85. The van der Waals surface area contributed by atoms with Crippen LogP contribution in [0.4, 0.5) is 0 Å². The molecule has 55 valence electrons. The summed E-state index contributed by atoms with van der Waals surface area (Å²) in [5, 5.41) is 0. The average Bonchev–Trinajstić information content (AvgIpc) is 1.89. The van der Waals surface area contributed by atoms with Gasteiger partial charge in [-0.3, -0.25) is 0 Å². The second-order valence-electron chi connectivity index (χ2n) is 1.60. The Bertz CT molecular complexity index is 75.4. The molecule has 0 heterocycles. The maximum Gasteiger partial charge on any atom is 0.446 e. The molecule has 2 nitrogen and oxygen atoms in total. The quantitative estimate of drug-likeness (QED) is 0.468. The van der Waals surface area contributed by atoms with Crippen molar-refractivity contribution in [3.63, 3.8) is 0 Å². The van der Waals surface area contributed by atoms with E-state index in [1.807, 2.05) is 13.0 Å². The monoisotopic (exact) mass is 167 g/mol. The molecule has 0 aliphatic heterocycles. The molecule has 0 spiro atoms. The summed E-state index contributed by atoms with van der Waals surface area (Å²) in [5.74, 6) is 0. The zero-order valence-corrected chi connectivity index (χ0v) is 7.73. The van der Waals surface area contributed by atoms with Gasteiger partial charge in [-0.25, -0.2) is 0 Å². The SMILES string of the molecule is CC[CH][Si](Cl)(OC)OC. The summed E-state index contributed by atoms with van der Waals surface area (Å²) in [7, 11) is 0.779. The third kappa shape index (κ3) is 3.20. The van der Waals surface area contributed by atoms with Crippen LogP contribution in [-0.2, 0) is 8.85 Å². The molecule has 4 heteroatoms. The van der Waals surface area contributed by atoms with E-state index in [0.29, 0.717) is 0 Å². The van der Waals surface area contributed by atoms with E-state index in [1.165, 1.54) is 0 Å². The summed E-state index contributed by atoms with van der Waals surface area (Å²) < 4.78 is 9.91. The van der Waals surface area contributed by atoms with E-state index < -0.39 is 7.87 Å². The van der Waals surface area contributed by atoms with Gasteiger partial charge >= 0.3 is 7.87 Å². The smallest absolute Gasteiger partial charge is 0.386 e. The molecule has 0 aromatic rings. The molecule has 0 saturated carbocycles. The van der Waals surface area contributed by atoms with Crippen LogP contribution in [-0.4, -0.2) is 22.1 Å². The highest BCUT2D eigenvalue weighted by atomic mass is 35.6. The van der Waals surface area contributed by atoms with Crippen molar-refractivity contribution >= 4 is 18.9 Å². The average molecular weight is 168 g/mol. The van der Waals surface area contributed by atoms with Crippen LogP contribution in [0.5, 0.6) is 0 Å². The molecule has 0 amide bonds. The minimum absolute atomic E-state index is 0.886. The molecule has 0 saturated heterocycles. The zero-order chi connectivity index (χ0) is 7.33. The molecule has 0 aromatic heterocycles. The van der Waals surface area contributed by atoms with Gasteiger partial charge in [-0.05, 0) is 6.42 Å². The predicted molar refractivity (Wildman–Crippen MR) is 40.2 cm³/mol. The molecule has 9 heavy (non-hydrogen) atoms. The van der Waals surface area contributed by atoms with Crippen molar-refractivity contribution in [1.82, 2.24) is 0 Å². The Labute approximate surface area is 62.1 Å². The Balaban J connectivity index is 3.62. The normalized spacial score (nSPS) is 12.0. The topological polar surface area (TPSA) is 18.5 Å². The molecule has 0 N–H and O–H groups in total. The Morgan fingerprint density at radius 1 is 1.44 bits per heavy atom. The van der Waals surface area contributed by atoms with E-state index in [4.69, 9.17) is 19.9 Å². The van der Waals surface area contributed by atoms with Gasteiger partial charge in [-0.1, -0.05) is 18.0 Å². The third-order valence-electron chi connectivity index (χ3n) is 1.00. The second kappa shape index (κ2) is 4.28. The number of rotatable bonds is 4. The van der Waals surface area contributed by atoms with Gasteiger partial charge in [0.05, 0.1) is 0 Å². The maximum atomic E-state index is 5.85. The van der Waals surface area contributed by atoms with Crippen molar-refractivity contribution in [2.75, 3.05) is 14.2 Å². The Kier molecular flexibility index (Phi) is 4.48. The number of halogens is 1. The van der Waals surface area contributed by atoms with Crippen molar-refractivity contribution in [2.24, 2.45) is 0 Å². The highest BCUT2D eigenvalue weighted by Crippen LogP contribution is 2.15. The van der Waals surface area contributed by atoms with Crippen molar-refractivity contribution in [2.45, 2.75) is 13.3 Å². The first-order chi connectivity index (χ1) is 4.18. The molecule has 0 fully saturated rings. The molecule has 0 rings (SSSR count). The van der Waals surface area contributed by atoms with Crippen LogP contribution in [0.25, 0.3) is 0 Å². The van der Waals surface area contributed by atoms with Crippen LogP contribution in [0.1, 0.15) is 13.3 Å². The number of hydrogen-bond acceptors (Lipinski definition) is 2. The molecule has 1 radical (unpaired) electrons. The van der Waals surface area contributed by atoms with Crippen LogP contribution in [0.15, 0.2) is 0 Å². The van der Waals surface area contributed by atoms with E-state index in [0.717, 1.165) is 6.42 Å². The lowest BCUT2D eigenvalue weighted by Crippen LogP contribution is -2.34. The summed E-state index contributed by atoms with van der Waals surface area (Å²) in [5.41, 5.74) is 0. The van der Waals surface area contributed by atoms with E-state index in [2.05, 4.69) is 0 Å². The summed E-state index contributed by atoms with van der Waals surface area (Å²) in [6.07, 6.45) is 0.886. The molecule has 0 atom stereocenters. The lowest BCUT2D eigenvalue weighted by Gasteiger charge is -2.17. The fourth-order valence-electron chi connectivity index (χ4n) is 0.494. The largest absolute Gasteiger partial charge is 0.446 e. The Hall–Kier alpha value is 0.427. The first-order valence-corrected chi connectivity index (χ1v) is 5.72.